The monoisotopic (exact) mass is 707 g/mol. The van der Waals surface area contributed by atoms with Gasteiger partial charge in [-0.1, -0.05) is 11.6 Å². The third-order valence-corrected chi connectivity index (χ3v) is 8.56. The van der Waals surface area contributed by atoms with Crippen LogP contribution in [-0.2, 0) is 0 Å². The summed E-state index contributed by atoms with van der Waals surface area (Å²) in [4.78, 5) is 17.3. The van der Waals surface area contributed by atoms with Gasteiger partial charge in [-0.2, -0.15) is 0 Å². The Labute approximate surface area is 228 Å². The molecule has 2 aliphatic rings. The Morgan fingerprint density at radius 1 is 0.853 bits per heavy atom. The molecule has 2 saturated carbocycles. The molecule has 4 aromatic heterocycles. The highest BCUT2D eigenvalue weighted by molar-refractivity contribution is 14.1. The summed E-state index contributed by atoms with van der Waals surface area (Å²) in [5.74, 6) is 4.34. The Bertz CT molecular complexity index is 1230. The molecule has 0 saturated heterocycles. The van der Waals surface area contributed by atoms with E-state index in [1.165, 1.54) is 0 Å². The van der Waals surface area contributed by atoms with Gasteiger partial charge in [0, 0.05) is 49.8 Å². The molecular weight excluding hydrogens is 684 g/mol. The molecule has 9 nitrogen and oxygen atoms in total. The number of aliphatic hydroxyl groups excluding tert-OH is 2. The van der Waals surface area contributed by atoms with E-state index >= 15 is 0 Å². The van der Waals surface area contributed by atoms with Crippen molar-refractivity contribution >= 4 is 73.6 Å². The molecule has 0 radical (unpaired) electrons. The van der Waals surface area contributed by atoms with Crippen LogP contribution in [0, 0.1) is 19.2 Å². The molecule has 0 atom stereocenters. The first kappa shape index (κ1) is 24.4. The number of nitrogens with two attached hydrogens (primary N) is 1. The van der Waals surface area contributed by atoms with Crippen molar-refractivity contribution in [3.63, 3.8) is 0 Å². The lowest BCUT2D eigenvalue weighted by Crippen LogP contribution is -2.26. The molecule has 2 fully saturated rings. The van der Waals surface area contributed by atoms with Crippen molar-refractivity contribution in [1.29, 1.82) is 0 Å². The fourth-order valence-electron chi connectivity index (χ4n) is 4.79. The zero-order valence-corrected chi connectivity index (χ0v) is 23.2. The minimum Gasteiger partial charge on any atom is -0.396 e. The van der Waals surface area contributed by atoms with Crippen LogP contribution >= 0.6 is 56.8 Å². The van der Waals surface area contributed by atoms with Crippen LogP contribution in [0.2, 0.25) is 5.15 Å². The number of aromatic nitrogens is 6. The van der Waals surface area contributed by atoms with Gasteiger partial charge in [-0.05, 0) is 82.7 Å². The molecule has 12 heteroatoms. The van der Waals surface area contributed by atoms with Gasteiger partial charge in [0.25, 0.3) is 0 Å². The fraction of sp³-hybridized carbons (Fsp3) is 0.455. The highest BCUT2D eigenvalue weighted by atomic mass is 127. The number of rotatable bonds is 4. The number of aliphatic hydroxyl groups is 2. The SMILES string of the molecule is Nc1nccn2c(C3CC(CO)C3)nc(I)c12.OCC1CC(c2nc(I)c3c(Cl)nccn23)C1. The van der Waals surface area contributed by atoms with E-state index in [-0.39, 0.29) is 13.2 Å². The van der Waals surface area contributed by atoms with Gasteiger partial charge < -0.3 is 15.9 Å². The largest absolute Gasteiger partial charge is 0.396 e. The maximum absolute atomic E-state index is 9.05. The van der Waals surface area contributed by atoms with Gasteiger partial charge in [-0.25, -0.2) is 19.9 Å². The smallest absolute Gasteiger partial charge is 0.155 e. The Morgan fingerprint density at radius 3 is 1.85 bits per heavy atom. The molecule has 2 aliphatic carbocycles. The first-order valence-corrected chi connectivity index (χ1v) is 13.6. The topological polar surface area (TPSA) is 127 Å². The maximum atomic E-state index is 9.05. The van der Waals surface area contributed by atoms with Gasteiger partial charge in [0.15, 0.2) is 11.0 Å². The minimum atomic E-state index is 0.277. The molecule has 4 heterocycles. The summed E-state index contributed by atoms with van der Waals surface area (Å²) in [6.07, 6.45) is 11.2. The van der Waals surface area contributed by atoms with E-state index in [1.807, 2.05) is 21.2 Å². The van der Waals surface area contributed by atoms with E-state index in [9.17, 15) is 0 Å². The van der Waals surface area contributed by atoms with Crippen LogP contribution in [0.3, 0.4) is 0 Å². The number of hydrogen-bond acceptors (Lipinski definition) is 7. The van der Waals surface area contributed by atoms with Crippen molar-refractivity contribution in [2.24, 2.45) is 11.8 Å². The van der Waals surface area contributed by atoms with E-state index in [1.54, 1.807) is 12.4 Å². The molecule has 6 rings (SSSR count). The number of imidazole rings is 2. The van der Waals surface area contributed by atoms with Crippen molar-refractivity contribution in [3.8, 4) is 0 Å². The van der Waals surface area contributed by atoms with Gasteiger partial charge in [0.2, 0.25) is 0 Å². The predicted molar refractivity (Wildman–Crippen MR) is 146 cm³/mol. The molecule has 34 heavy (non-hydrogen) atoms. The van der Waals surface area contributed by atoms with Gasteiger partial charge in [-0.3, -0.25) is 8.80 Å². The van der Waals surface area contributed by atoms with Crippen LogP contribution in [0.25, 0.3) is 11.0 Å². The van der Waals surface area contributed by atoms with Gasteiger partial charge in [-0.15, -0.1) is 0 Å². The maximum Gasteiger partial charge on any atom is 0.155 e. The Morgan fingerprint density at radius 2 is 1.32 bits per heavy atom. The molecule has 4 aromatic rings. The molecule has 0 unspecified atom stereocenters. The van der Waals surface area contributed by atoms with Gasteiger partial charge in [0.1, 0.15) is 30.1 Å². The second-order valence-corrected chi connectivity index (χ2v) is 11.3. The summed E-state index contributed by atoms with van der Waals surface area (Å²) < 4.78 is 5.84. The van der Waals surface area contributed by atoms with E-state index in [4.69, 9.17) is 27.5 Å². The lowest BCUT2D eigenvalue weighted by molar-refractivity contribution is 0.138. The molecule has 0 aliphatic heterocycles. The first-order chi connectivity index (χ1) is 16.4. The van der Waals surface area contributed by atoms with Crippen LogP contribution < -0.4 is 5.73 Å². The second kappa shape index (κ2) is 9.99. The Balaban J connectivity index is 0.000000142. The van der Waals surface area contributed by atoms with Crippen molar-refractivity contribution in [3.05, 3.63) is 49.0 Å². The molecule has 0 spiro atoms. The van der Waals surface area contributed by atoms with Crippen LogP contribution in [-0.4, -0.2) is 52.2 Å². The van der Waals surface area contributed by atoms with Crippen molar-refractivity contribution in [2.75, 3.05) is 18.9 Å². The average molecular weight is 708 g/mol. The number of nitrogens with zero attached hydrogens (tertiary/aromatic N) is 6. The molecule has 0 aromatic carbocycles. The second-order valence-electron chi connectivity index (χ2n) is 8.92. The predicted octanol–water partition coefficient (Wildman–Crippen LogP) is 3.88. The minimum absolute atomic E-state index is 0.277. The quantitative estimate of drug-likeness (QED) is 0.275. The zero-order valence-electron chi connectivity index (χ0n) is 18.2. The van der Waals surface area contributed by atoms with E-state index in [0.29, 0.717) is 34.6 Å². The summed E-state index contributed by atoms with van der Waals surface area (Å²) in [7, 11) is 0. The molecule has 180 valence electrons. The number of fused-ring (bicyclic) bond motifs is 2. The molecule has 4 N–H and O–H groups in total. The Kier molecular flexibility index (Phi) is 7.17. The van der Waals surface area contributed by atoms with Gasteiger partial charge in [0.05, 0.1) is 0 Å². The summed E-state index contributed by atoms with van der Waals surface area (Å²) >= 11 is 10.5. The van der Waals surface area contributed by atoms with Crippen LogP contribution in [0.15, 0.2) is 24.8 Å². The van der Waals surface area contributed by atoms with Crippen LogP contribution in [0.1, 0.15) is 49.2 Å². The fourth-order valence-corrected chi connectivity index (χ4v) is 6.74. The number of nitrogen functional groups attached to an aromatic ring is 1. The first-order valence-electron chi connectivity index (χ1n) is 11.1. The number of halogens is 3. The standard InChI is InChI=1S/C11H11ClIN3O.C11H13IN4O/c12-9-8-10(13)15-11(16(8)2-1-14-9)7-3-6(4-7)5-17;12-9-8-10(13)14-1-2-16(8)11(15-9)7-3-6(4-7)5-17/h1-2,6-7,17H,3-5H2;1-2,6-7,17H,3-5H2,(H2,13,14). The van der Waals surface area contributed by atoms with E-state index in [0.717, 1.165) is 55.8 Å². The van der Waals surface area contributed by atoms with Crippen molar-refractivity contribution in [2.45, 2.75) is 37.5 Å². The highest BCUT2D eigenvalue weighted by Gasteiger charge is 2.34. The number of hydrogen-bond donors (Lipinski definition) is 3. The normalized spacial score (nSPS) is 23.9. The molecular formula is C22H24ClI2N7O2. The number of anilines is 1. The summed E-state index contributed by atoms with van der Waals surface area (Å²) in [5, 5.41) is 18.6. The Hall–Kier alpha value is -1.29. The highest BCUT2D eigenvalue weighted by Crippen LogP contribution is 2.42. The summed E-state index contributed by atoms with van der Waals surface area (Å²) in [6.45, 7) is 0.555. The molecule has 0 amide bonds. The van der Waals surface area contributed by atoms with Gasteiger partial charge >= 0.3 is 0 Å². The third kappa shape index (κ3) is 4.38. The zero-order chi connectivity index (χ0) is 24.0. The lowest BCUT2D eigenvalue weighted by Gasteiger charge is -2.32. The van der Waals surface area contributed by atoms with Crippen molar-refractivity contribution in [1.82, 2.24) is 28.7 Å². The van der Waals surface area contributed by atoms with Crippen LogP contribution in [0.4, 0.5) is 5.82 Å². The summed E-state index contributed by atoms with van der Waals surface area (Å²) in [6, 6.07) is 0. The van der Waals surface area contributed by atoms with Crippen LogP contribution in [0.5, 0.6) is 0 Å². The van der Waals surface area contributed by atoms with E-state index < -0.39 is 0 Å². The molecule has 0 bridgehead atoms. The van der Waals surface area contributed by atoms with E-state index in [2.05, 4.69) is 65.1 Å². The third-order valence-electron chi connectivity index (χ3n) is 6.78. The van der Waals surface area contributed by atoms with Crippen molar-refractivity contribution < 1.29 is 10.2 Å². The average Bonchev–Trinajstić information content (AvgIpc) is 3.26. The summed E-state index contributed by atoms with van der Waals surface area (Å²) in [5.41, 5.74) is 7.65. The lowest BCUT2D eigenvalue weighted by atomic mass is 9.75.